The minimum absolute atomic E-state index is 0.227. The summed E-state index contributed by atoms with van der Waals surface area (Å²) in [7, 11) is 3.53. The maximum Gasteiger partial charge on any atom is 0.287 e. The number of ether oxygens (including phenoxy) is 1. The standard InChI is InChI=1S/C13H17N3O3S/c1-16-7-5-15-13(16)20-9-10-3-4-11(19-10)12(17)14-6-8-18-2/h3-5,7H,6,8-9H2,1-2H3,(H,14,17). The molecule has 0 saturated heterocycles. The maximum absolute atomic E-state index is 11.7. The van der Waals surface area contributed by atoms with Gasteiger partial charge >= 0.3 is 0 Å². The molecule has 2 rings (SSSR count). The smallest absolute Gasteiger partial charge is 0.287 e. The summed E-state index contributed by atoms with van der Waals surface area (Å²) in [6.45, 7) is 0.946. The van der Waals surface area contributed by atoms with Gasteiger partial charge in [0.2, 0.25) is 0 Å². The van der Waals surface area contributed by atoms with Crippen LogP contribution in [0.5, 0.6) is 0 Å². The first-order valence-corrected chi connectivity index (χ1v) is 7.15. The van der Waals surface area contributed by atoms with Crippen molar-refractivity contribution >= 4 is 17.7 Å². The Morgan fingerprint density at radius 2 is 2.40 bits per heavy atom. The lowest BCUT2D eigenvalue weighted by Gasteiger charge is -2.01. The van der Waals surface area contributed by atoms with Crippen molar-refractivity contribution in [3.05, 3.63) is 36.0 Å². The second kappa shape index (κ2) is 7.16. The summed E-state index contributed by atoms with van der Waals surface area (Å²) in [5, 5.41) is 3.62. The third-order valence-electron chi connectivity index (χ3n) is 2.60. The van der Waals surface area contributed by atoms with E-state index in [0.29, 0.717) is 24.7 Å². The quantitative estimate of drug-likeness (QED) is 0.622. The molecule has 1 amide bonds. The Balaban J connectivity index is 1.85. The van der Waals surface area contributed by atoms with E-state index in [4.69, 9.17) is 9.15 Å². The third kappa shape index (κ3) is 3.88. The van der Waals surface area contributed by atoms with Crippen LogP contribution in [0.15, 0.2) is 34.1 Å². The molecule has 2 aromatic heterocycles. The number of aromatic nitrogens is 2. The number of hydrogen-bond acceptors (Lipinski definition) is 5. The van der Waals surface area contributed by atoms with Crippen LogP contribution in [-0.2, 0) is 17.5 Å². The van der Waals surface area contributed by atoms with Gasteiger partial charge in [-0.3, -0.25) is 4.79 Å². The fourth-order valence-electron chi connectivity index (χ4n) is 1.56. The van der Waals surface area contributed by atoms with Gasteiger partial charge in [0.25, 0.3) is 5.91 Å². The monoisotopic (exact) mass is 295 g/mol. The largest absolute Gasteiger partial charge is 0.455 e. The van der Waals surface area contributed by atoms with Gasteiger partial charge in [0.15, 0.2) is 10.9 Å². The van der Waals surface area contributed by atoms with Crippen molar-refractivity contribution in [2.24, 2.45) is 7.05 Å². The highest BCUT2D eigenvalue weighted by Crippen LogP contribution is 2.21. The molecule has 0 aliphatic carbocycles. The van der Waals surface area contributed by atoms with Crippen molar-refractivity contribution in [3.63, 3.8) is 0 Å². The summed E-state index contributed by atoms with van der Waals surface area (Å²) in [5.74, 6) is 1.47. The molecule has 0 aliphatic heterocycles. The lowest BCUT2D eigenvalue weighted by atomic mass is 10.4. The van der Waals surface area contributed by atoms with Crippen LogP contribution in [0, 0.1) is 0 Å². The van der Waals surface area contributed by atoms with Crippen molar-refractivity contribution in [3.8, 4) is 0 Å². The van der Waals surface area contributed by atoms with Gasteiger partial charge in [-0.25, -0.2) is 4.98 Å². The molecular formula is C13H17N3O3S. The lowest BCUT2D eigenvalue weighted by Crippen LogP contribution is -2.26. The molecule has 0 radical (unpaired) electrons. The van der Waals surface area contributed by atoms with Crippen LogP contribution >= 0.6 is 11.8 Å². The Kier molecular flexibility index (Phi) is 5.25. The van der Waals surface area contributed by atoms with Gasteiger partial charge < -0.3 is 19.0 Å². The van der Waals surface area contributed by atoms with Crippen molar-refractivity contribution in [1.82, 2.24) is 14.9 Å². The average Bonchev–Trinajstić information content (AvgIpc) is 3.05. The van der Waals surface area contributed by atoms with Crippen molar-refractivity contribution in [1.29, 1.82) is 0 Å². The SMILES string of the molecule is COCCNC(=O)c1ccc(CSc2nccn2C)o1. The number of rotatable bonds is 7. The molecule has 0 unspecified atom stereocenters. The summed E-state index contributed by atoms with van der Waals surface area (Å²) in [5.41, 5.74) is 0. The molecule has 0 bridgehead atoms. The molecule has 1 N–H and O–H groups in total. The van der Waals surface area contributed by atoms with Crippen LogP contribution in [0.25, 0.3) is 0 Å². The predicted octanol–water partition coefficient (Wildman–Crippen LogP) is 1.68. The minimum atomic E-state index is -0.227. The summed E-state index contributed by atoms with van der Waals surface area (Å²) >= 11 is 1.56. The summed E-state index contributed by atoms with van der Waals surface area (Å²) in [6, 6.07) is 3.48. The Hall–Kier alpha value is -1.73. The number of carbonyl (C=O) groups excluding carboxylic acids is 1. The normalized spacial score (nSPS) is 10.7. The first kappa shape index (κ1) is 14.7. The van der Waals surface area contributed by atoms with Gasteiger partial charge in [-0.05, 0) is 12.1 Å². The van der Waals surface area contributed by atoms with Crippen LogP contribution < -0.4 is 5.32 Å². The Morgan fingerprint density at radius 1 is 1.55 bits per heavy atom. The van der Waals surface area contributed by atoms with E-state index in [-0.39, 0.29) is 5.91 Å². The number of thioether (sulfide) groups is 1. The van der Waals surface area contributed by atoms with Crippen LogP contribution in [0.2, 0.25) is 0 Å². The number of nitrogens with zero attached hydrogens (tertiary/aromatic N) is 2. The molecule has 6 nitrogen and oxygen atoms in total. The molecule has 0 atom stereocenters. The molecular weight excluding hydrogens is 278 g/mol. The van der Waals surface area contributed by atoms with E-state index in [1.54, 1.807) is 37.2 Å². The Labute approximate surface area is 121 Å². The molecule has 0 aliphatic rings. The fourth-order valence-corrected chi connectivity index (χ4v) is 2.38. The lowest BCUT2D eigenvalue weighted by molar-refractivity contribution is 0.0908. The topological polar surface area (TPSA) is 69.3 Å². The van der Waals surface area contributed by atoms with Crippen molar-refractivity contribution in [2.45, 2.75) is 10.9 Å². The van der Waals surface area contributed by atoms with Crippen LogP contribution in [0.1, 0.15) is 16.3 Å². The Morgan fingerprint density at radius 3 is 3.10 bits per heavy atom. The molecule has 2 aromatic rings. The molecule has 0 spiro atoms. The van der Waals surface area contributed by atoms with E-state index in [1.807, 2.05) is 17.8 Å². The number of imidazole rings is 1. The number of methoxy groups -OCH3 is 1. The number of amides is 1. The number of carbonyl (C=O) groups is 1. The zero-order chi connectivity index (χ0) is 14.4. The zero-order valence-corrected chi connectivity index (χ0v) is 12.3. The van der Waals surface area contributed by atoms with E-state index in [2.05, 4.69) is 10.3 Å². The summed E-state index contributed by atoms with van der Waals surface area (Å²) in [4.78, 5) is 15.9. The van der Waals surface area contributed by atoms with Crippen LogP contribution in [0.4, 0.5) is 0 Å². The number of nitrogens with one attached hydrogen (secondary N) is 1. The molecule has 0 fully saturated rings. The highest BCUT2D eigenvalue weighted by Gasteiger charge is 2.11. The fraction of sp³-hybridized carbons (Fsp3) is 0.385. The molecule has 108 valence electrons. The molecule has 2 heterocycles. The summed E-state index contributed by atoms with van der Waals surface area (Å²) in [6.07, 6.45) is 3.64. The van der Waals surface area contributed by atoms with Gasteiger partial charge in [0, 0.05) is 33.1 Å². The van der Waals surface area contributed by atoms with E-state index in [0.717, 1.165) is 10.9 Å². The molecule has 0 aromatic carbocycles. The first-order valence-electron chi connectivity index (χ1n) is 6.16. The maximum atomic E-state index is 11.7. The van der Waals surface area contributed by atoms with Gasteiger partial charge in [-0.15, -0.1) is 0 Å². The summed E-state index contributed by atoms with van der Waals surface area (Å²) < 4.78 is 12.3. The average molecular weight is 295 g/mol. The second-order valence-corrected chi connectivity index (χ2v) is 5.07. The van der Waals surface area contributed by atoms with Gasteiger partial charge in [-0.2, -0.15) is 0 Å². The number of hydrogen-bond donors (Lipinski definition) is 1. The highest BCUT2D eigenvalue weighted by atomic mass is 32.2. The van der Waals surface area contributed by atoms with E-state index in [9.17, 15) is 4.79 Å². The van der Waals surface area contributed by atoms with E-state index >= 15 is 0 Å². The van der Waals surface area contributed by atoms with E-state index in [1.165, 1.54) is 0 Å². The van der Waals surface area contributed by atoms with E-state index < -0.39 is 0 Å². The first-order chi connectivity index (χ1) is 9.70. The van der Waals surface area contributed by atoms with Crippen LogP contribution in [-0.4, -0.2) is 35.7 Å². The number of furan rings is 1. The number of aryl methyl sites for hydroxylation is 1. The molecule has 7 heteroatoms. The van der Waals surface area contributed by atoms with Gasteiger partial charge in [0.05, 0.1) is 12.4 Å². The molecule has 20 heavy (non-hydrogen) atoms. The van der Waals surface area contributed by atoms with Crippen molar-refractivity contribution in [2.75, 3.05) is 20.3 Å². The minimum Gasteiger partial charge on any atom is -0.455 e. The van der Waals surface area contributed by atoms with Crippen LogP contribution in [0.3, 0.4) is 0 Å². The van der Waals surface area contributed by atoms with Crippen molar-refractivity contribution < 1.29 is 13.9 Å². The Bertz CT molecular complexity index is 565. The molecule has 0 saturated carbocycles. The third-order valence-corrected chi connectivity index (χ3v) is 3.68. The zero-order valence-electron chi connectivity index (χ0n) is 11.5. The van der Waals surface area contributed by atoms with Gasteiger partial charge in [0.1, 0.15) is 5.76 Å². The second-order valence-electron chi connectivity index (χ2n) is 4.12. The van der Waals surface area contributed by atoms with Gasteiger partial charge in [-0.1, -0.05) is 11.8 Å². The predicted molar refractivity (Wildman–Crippen MR) is 75.7 cm³/mol. The highest BCUT2D eigenvalue weighted by molar-refractivity contribution is 7.98.